The van der Waals surface area contributed by atoms with Gasteiger partial charge in [0.2, 0.25) is 0 Å². The predicted molar refractivity (Wildman–Crippen MR) is 81.2 cm³/mol. The second-order valence-corrected chi connectivity index (χ2v) is 5.57. The monoisotopic (exact) mass is 282 g/mol. The molecule has 0 saturated carbocycles. The number of thiocarbonyl (C=S) groups is 1. The molecule has 5 heteroatoms. The van der Waals surface area contributed by atoms with Crippen molar-refractivity contribution in [3.05, 3.63) is 29.8 Å². The Kier molecular flexibility index (Phi) is 5.62. The summed E-state index contributed by atoms with van der Waals surface area (Å²) in [6.45, 7) is 4.23. The fourth-order valence-corrected chi connectivity index (χ4v) is 2.36. The smallest absolute Gasteiger partial charge is 0.255 e. The van der Waals surface area contributed by atoms with E-state index in [2.05, 4.69) is 0 Å². The van der Waals surface area contributed by atoms with E-state index in [0.29, 0.717) is 17.1 Å². The molecule has 0 atom stereocenters. The van der Waals surface area contributed by atoms with Crippen molar-refractivity contribution in [2.45, 2.75) is 24.8 Å². The van der Waals surface area contributed by atoms with E-state index >= 15 is 0 Å². The molecule has 98 valence electrons. The van der Waals surface area contributed by atoms with Crippen LogP contribution in [0.1, 0.15) is 24.2 Å². The van der Waals surface area contributed by atoms with E-state index in [4.69, 9.17) is 18.0 Å². The van der Waals surface area contributed by atoms with Crippen molar-refractivity contribution in [3.8, 4) is 0 Å². The standard InChI is InChI=1S/C13H18N2OS2/c1-9(2)15(8-12(14)17)13(16)10-6-4-5-7-11(10)18-3/h4-7,9H,8H2,1-3H3,(H2,14,17). The molecule has 2 N–H and O–H groups in total. The first-order valence-electron chi connectivity index (χ1n) is 5.69. The van der Waals surface area contributed by atoms with Crippen molar-refractivity contribution in [2.75, 3.05) is 12.8 Å². The molecule has 0 aliphatic rings. The number of nitrogens with two attached hydrogens (primary N) is 1. The maximum Gasteiger partial charge on any atom is 0.255 e. The fraction of sp³-hybridized carbons (Fsp3) is 0.385. The third-order valence-corrected chi connectivity index (χ3v) is 3.47. The van der Waals surface area contributed by atoms with Crippen LogP contribution in [0.2, 0.25) is 0 Å². The van der Waals surface area contributed by atoms with Gasteiger partial charge in [-0.2, -0.15) is 0 Å². The van der Waals surface area contributed by atoms with Gasteiger partial charge < -0.3 is 10.6 Å². The predicted octanol–water partition coefficient (Wildman–Crippen LogP) is 2.55. The summed E-state index contributed by atoms with van der Waals surface area (Å²) in [5.74, 6) is -0.0252. The molecule has 0 spiro atoms. The van der Waals surface area contributed by atoms with E-state index in [0.717, 1.165) is 4.90 Å². The van der Waals surface area contributed by atoms with Crippen LogP contribution in [0, 0.1) is 0 Å². The summed E-state index contributed by atoms with van der Waals surface area (Å²) < 4.78 is 0. The van der Waals surface area contributed by atoms with Gasteiger partial charge in [-0.05, 0) is 32.2 Å². The molecular weight excluding hydrogens is 264 g/mol. The Balaban J connectivity index is 3.05. The molecule has 0 saturated heterocycles. The van der Waals surface area contributed by atoms with Crippen LogP contribution in [0.4, 0.5) is 0 Å². The summed E-state index contributed by atoms with van der Waals surface area (Å²) in [5.41, 5.74) is 6.25. The van der Waals surface area contributed by atoms with E-state index in [9.17, 15) is 4.79 Å². The molecule has 0 bridgehead atoms. The lowest BCUT2D eigenvalue weighted by atomic mass is 10.1. The summed E-state index contributed by atoms with van der Waals surface area (Å²) in [4.78, 5) is 15.5. The van der Waals surface area contributed by atoms with E-state index < -0.39 is 0 Å². The summed E-state index contributed by atoms with van der Waals surface area (Å²) in [5, 5.41) is 0. The average Bonchev–Trinajstić information content (AvgIpc) is 2.34. The molecule has 0 fully saturated rings. The molecule has 1 aromatic rings. The Labute approximate surface area is 118 Å². The average molecular weight is 282 g/mol. The number of carbonyl (C=O) groups is 1. The fourth-order valence-electron chi connectivity index (χ4n) is 1.63. The van der Waals surface area contributed by atoms with Gasteiger partial charge in [-0.1, -0.05) is 24.4 Å². The Morgan fingerprint density at radius 3 is 2.56 bits per heavy atom. The Bertz CT molecular complexity index is 446. The topological polar surface area (TPSA) is 46.3 Å². The molecule has 0 aliphatic heterocycles. The lowest BCUT2D eigenvalue weighted by Crippen LogP contribution is -2.42. The number of benzene rings is 1. The summed E-state index contributed by atoms with van der Waals surface area (Å²) >= 11 is 6.46. The van der Waals surface area contributed by atoms with Crippen molar-refractivity contribution >= 4 is 34.9 Å². The zero-order chi connectivity index (χ0) is 13.7. The summed E-state index contributed by atoms with van der Waals surface area (Å²) in [6, 6.07) is 7.64. The lowest BCUT2D eigenvalue weighted by Gasteiger charge is -2.27. The van der Waals surface area contributed by atoms with Crippen LogP contribution in [0.3, 0.4) is 0 Å². The van der Waals surface area contributed by atoms with Gasteiger partial charge in [0.15, 0.2) is 0 Å². The first-order chi connectivity index (χ1) is 8.47. The van der Waals surface area contributed by atoms with Crippen molar-refractivity contribution in [1.82, 2.24) is 4.90 Å². The molecular formula is C13H18N2OS2. The maximum atomic E-state index is 12.5. The number of thioether (sulfide) groups is 1. The number of carbonyl (C=O) groups excluding carboxylic acids is 1. The van der Waals surface area contributed by atoms with Crippen LogP contribution in [-0.2, 0) is 0 Å². The van der Waals surface area contributed by atoms with Gasteiger partial charge >= 0.3 is 0 Å². The van der Waals surface area contributed by atoms with Crippen LogP contribution >= 0.6 is 24.0 Å². The molecule has 18 heavy (non-hydrogen) atoms. The van der Waals surface area contributed by atoms with Crippen LogP contribution in [0.15, 0.2) is 29.2 Å². The Morgan fingerprint density at radius 2 is 2.06 bits per heavy atom. The third-order valence-electron chi connectivity index (χ3n) is 2.55. The Morgan fingerprint density at radius 1 is 1.44 bits per heavy atom. The minimum Gasteiger partial charge on any atom is -0.392 e. The highest BCUT2D eigenvalue weighted by molar-refractivity contribution is 7.98. The van der Waals surface area contributed by atoms with E-state index in [1.807, 2.05) is 44.4 Å². The molecule has 0 aromatic heterocycles. The van der Waals surface area contributed by atoms with Gasteiger partial charge in [0.1, 0.15) is 0 Å². The van der Waals surface area contributed by atoms with E-state index in [-0.39, 0.29) is 11.9 Å². The molecule has 1 amide bonds. The van der Waals surface area contributed by atoms with E-state index in [1.54, 1.807) is 16.7 Å². The normalized spacial score (nSPS) is 10.4. The quantitative estimate of drug-likeness (QED) is 0.666. The highest BCUT2D eigenvalue weighted by Gasteiger charge is 2.21. The summed E-state index contributed by atoms with van der Waals surface area (Å²) in [7, 11) is 0. The second-order valence-electron chi connectivity index (χ2n) is 4.19. The minimum atomic E-state index is -0.0252. The highest BCUT2D eigenvalue weighted by Crippen LogP contribution is 2.22. The molecule has 3 nitrogen and oxygen atoms in total. The largest absolute Gasteiger partial charge is 0.392 e. The second kappa shape index (κ2) is 6.75. The maximum absolute atomic E-state index is 12.5. The molecule has 1 aromatic carbocycles. The summed E-state index contributed by atoms with van der Waals surface area (Å²) in [6.07, 6.45) is 1.96. The molecule has 0 radical (unpaired) electrons. The molecule has 0 heterocycles. The zero-order valence-electron chi connectivity index (χ0n) is 10.8. The first-order valence-corrected chi connectivity index (χ1v) is 7.33. The lowest BCUT2D eigenvalue weighted by molar-refractivity contribution is 0.0732. The van der Waals surface area contributed by atoms with Gasteiger partial charge in [-0.25, -0.2) is 0 Å². The molecule has 0 aliphatic carbocycles. The minimum absolute atomic E-state index is 0.0252. The highest BCUT2D eigenvalue weighted by atomic mass is 32.2. The number of nitrogens with zero attached hydrogens (tertiary/aromatic N) is 1. The first kappa shape index (κ1) is 15.0. The van der Waals surface area contributed by atoms with Crippen LogP contribution in [0.5, 0.6) is 0 Å². The van der Waals surface area contributed by atoms with Gasteiger partial charge in [0.05, 0.1) is 17.1 Å². The van der Waals surface area contributed by atoms with Gasteiger partial charge in [0.25, 0.3) is 5.91 Å². The Hall–Kier alpha value is -1.07. The SMILES string of the molecule is CSc1ccccc1C(=O)N(CC(N)=S)C(C)C. The van der Waals surface area contributed by atoms with Gasteiger partial charge in [-0.15, -0.1) is 11.8 Å². The zero-order valence-corrected chi connectivity index (χ0v) is 12.5. The van der Waals surface area contributed by atoms with Crippen molar-refractivity contribution in [2.24, 2.45) is 5.73 Å². The number of hydrogen-bond donors (Lipinski definition) is 1. The van der Waals surface area contributed by atoms with Crippen molar-refractivity contribution in [3.63, 3.8) is 0 Å². The number of rotatable bonds is 5. The van der Waals surface area contributed by atoms with E-state index in [1.165, 1.54) is 0 Å². The van der Waals surface area contributed by atoms with Gasteiger partial charge in [-0.3, -0.25) is 4.79 Å². The van der Waals surface area contributed by atoms with Crippen LogP contribution < -0.4 is 5.73 Å². The molecule has 0 unspecified atom stereocenters. The van der Waals surface area contributed by atoms with Crippen LogP contribution in [-0.4, -0.2) is 34.6 Å². The third kappa shape index (κ3) is 3.71. The van der Waals surface area contributed by atoms with Crippen LogP contribution in [0.25, 0.3) is 0 Å². The van der Waals surface area contributed by atoms with Crippen molar-refractivity contribution < 1.29 is 4.79 Å². The number of hydrogen-bond acceptors (Lipinski definition) is 3. The molecule has 1 rings (SSSR count). The van der Waals surface area contributed by atoms with Gasteiger partial charge in [0, 0.05) is 10.9 Å². The van der Waals surface area contributed by atoms with Crippen molar-refractivity contribution in [1.29, 1.82) is 0 Å². The number of amides is 1.